The molecule has 1 saturated heterocycles. The highest BCUT2D eigenvalue weighted by Gasteiger charge is 2.40. The Labute approximate surface area is 183 Å². The third kappa shape index (κ3) is 5.78. The lowest BCUT2D eigenvalue weighted by Gasteiger charge is -2.46. The van der Waals surface area contributed by atoms with Gasteiger partial charge in [-0.25, -0.2) is 0 Å². The number of hydrogen-bond acceptors (Lipinski definition) is 4. The third-order valence-corrected chi connectivity index (χ3v) is 6.04. The molecule has 0 bridgehead atoms. The summed E-state index contributed by atoms with van der Waals surface area (Å²) in [5, 5.41) is 14.6. The Balaban J connectivity index is 2.36. The highest BCUT2D eigenvalue weighted by molar-refractivity contribution is 5.78. The minimum absolute atomic E-state index is 0.0761. The molecule has 4 heteroatoms. The molecule has 4 nitrogen and oxygen atoms in total. The van der Waals surface area contributed by atoms with Crippen LogP contribution in [0, 0.1) is 0 Å². The number of carbonyl (C=O) groups is 1. The second-order valence-corrected chi connectivity index (χ2v) is 12.5. The zero-order valence-electron chi connectivity index (χ0n) is 21.0. The van der Waals surface area contributed by atoms with Gasteiger partial charge in [-0.1, -0.05) is 53.7 Å². The normalized spacial score (nSPS) is 20.6. The summed E-state index contributed by atoms with van der Waals surface area (Å²) < 4.78 is 6.02. The number of phenolic OH excluding ortho intramolecular Hbond substituents is 1. The van der Waals surface area contributed by atoms with Crippen LogP contribution in [-0.4, -0.2) is 28.3 Å². The van der Waals surface area contributed by atoms with E-state index in [4.69, 9.17) is 4.74 Å². The van der Waals surface area contributed by atoms with E-state index in [2.05, 4.69) is 74.6 Å². The summed E-state index contributed by atoms with van der Waals surface area (Å²) in [7, 11) is 0. The van der Waals surface area contributed by atoms with Gasteiger partial charge in [0, 0.05) is 23.9 Å². The summed E-state index contributed by atoms with van der Waals surface area (Å²) in [6.45, 7) is 23.0. The average molecular weight is 418 g/mol. The SMILES string of the molecule is CC(C(=O)OC1CC(C)(C)NC(C)(C)C1)c1cc(C(C)(C)C)c(O)c(C(C)(C)C)c1. The molecule has 1 aliphatic heterocycles. The molecule has 170 valence electrons. The minimum atomic E-state index is -0.395. The van der Waals surface area contributed by atoms with Crippen molar-refractivity contribution in [3.8, 4) is 5.75 Å². The number of phenols is 1. The quantitative estimate of drug-likeness (QED) is 0.597. The van der Waals surface area contributed by atoms with Crippen LogP contribution in [0.25, 0.3) is 0 Å². The zero-order chi connectivity index (χ0) is 23.3. The van der Waals surface area contributed by atoms with Crippen molar-refractivity contribution in [2.45, 2.75) is 123 Å². The molecule has 1 aliphatic rings. The lowest BCUT2D eigenvalue weighted by atomic mass is 9.77. The standard InChI is InChI=1S/C26H43NO3/c1-16(22(29)30-18-14-25(8,9)27-26(10,11)15-18)17-12-19(23(2,3)4)21(28)20(13-17)24(5,6)7/h12-13,16,18,27-28H,14-15H2,1-11H3. The molecule has 0 spiro atoms. The van der Waals surface area contributed by atoms with Crippen molar-refractivity contribution < 1.29 is 14.6 Å². The molecule has 2 N–H and O–H groups in total. The number of hydrogen-bond donors (Lipinski definition) is 2. The van der Waals surface area contributed by atoms with Crippen molar-refractivity contribution in [3.63, 3.8) is 0 Å². The topological polar surface area (TPSA) is 58.6 Å². The summed E-state index contributed by atoms with van der Waals surface area (Å²) in [6, 6.07) is 3.96. The van der Waals surface area contributed by atoms with Gasteiger partial charge in [-0.2, -0.15) is 0 Å². The third-order valence-electron chi connectivity index (χ3n) is 6.04. The Morgan fingerprint density at radius 2 is 1.40 bits per heavy atom. The zero-order valence-corrected chi connectivity index (χ0v) is 21.0. The molecule has 2 rings (SSSR count). The molecule has 30 heavy (non-hydrogen) atoms. The number of aromatic hydroxyl groups is 1. The van der Waals surface area contributed by atoms with Crippen molar-refractivity contribution in [3.05, 3.63) is 28.8 Å². The van der Waals surface area contributed by atoms with Crippen LogP contribution < -0.4 is 5.32 Å². The summed E-state index contributed by atoms with van der Waals surface area (Å²) in [6.07, 6.45) is 1.49. The first-order valence-corrected chi connectivity index (χ1v) is 11.2. The van der Waals surface area contributed by atoms with Gasteiger partial charge in [-0.05, 0) is 62.1 Å². The smallest absolute Gasteiger partial charge is 0.313 e. The molecular weight excluding hydrogens is 374 g/mol. The number of esters is 1. The molecule has 1 fully saturated rings. The van der Waals surface area contributed by atoms with Gasteiger partial charge in [-0.15, -0.1) is 0 Å². The molecule has 1 heterocycles. The van der Waals surface area contributed by atoms with Crippen molar-refractivity contribution in [2.75, 3.05) is 0 Å². The van der Waals surface area contributed by atoms with Crippen LogP contribution in [0.5, 0.6) is 5.75 Å². The number of nitrogens with one attached hydrogen (secondary N) is 1. The predicted octanol–water partition coefficient (Wildman–Crippen LogP) is 5.94. The monoisotopic (exact) mass is 417 g/mol. The number of carbonyl (C=O) groups excluding carboxylic acids is 1. The van der Waals surface area contributed by atoms with Crippen LogP contribution in [-0.2, 0) is 20.4 Å². The van der Waals surface area contributed by atoms with Crippen LogP contribution in [0.2, 0.25) is 0 Å². The van der Waals surface area contributed by atoms with Gasteiger partial charge in [0.25, 0.3) is 0 Å². The lowest BCUT2D eigenvalue weighted by molar-refractivity contribution is -0.154. The predicted molar refractivity (Wildman–Crippen MR) is 124 cm³/mol. The van der Waals surface area contributed by atoms with Gasteiger partial charge >= 0.3 is 5.97 Å². The Hall–Kier alpha value is -1.55. The fraction of sp³-hybridized carbons (Fsp3) is 0.731. The molecule has 1 aromatic rings. The summed E-state index contributed by atoms with van der Waals surface area (Å²) >= 11 is 0. The van der Waals surface area contributed by atoms with E-state index in [-0.39, 0.29) is 34.0 Å². The molecule has 0 saturated carbocycles. The van der Waals surface area contributed by atoms with Gasteiger partial charge in [0.15, 0.2) is 0 Å². The van der Waals surface area contributed by atoms with Crippen LogP contribution in [0.15, 0.2) is 12.1 Å². The van der Waals surface area contributed by atoms with E-state index in [1.165, 1.54) is 0 Å². The Bertz CT molecular complexity index is 742. The van der Waals surface area contributed by atoms with E-state index in [1.54, 1.807) is 0 Å². The van der Waals surface area contributed by atoms with Gasteiger partial charge < -0.3 is 15.2 Å². The molecule has 1 atom stereocenters. The molecule has 0 radical (unpaired) electrons. The Kier molecular flexibility index (Phi) is 6.47. The summed E-state index contributed by atoms with van der Waals surface area (Å²) in [4.78, 5) is 13.1. The van der Waals surface area contributed by atoms with E-state index in [1.807, 2.05) is 19.1 Å². The van der Waals surface area contributed by atoms with Crippen LogP contribution in [0.4, 0.5) is 0 Å². The van der Waals surface area contributed by atoms with Gasteiger partial charge in [-0.3, -0.25) is 4.79 Å². The van der Waals surface area contributed by atoms with Crippen molar-refractivity contribution in [1.82, 2.24) is 5.32 Å². The Morgan fingerprint density at radius 3 is 1.77 bits per heavy atom. The van der Waals surface area contributed by atoms with Crippen molar-refractivity contribution >= 4 is 5.97 Å². The second-order valence-electron chi connectivity index (χ2n) is 12.5. The maximum Gasteiger partial charge on any atom is 0.313 e. The summed E-state index contributed by atoms with van der Waals surface area (Å²) in [5.74, 6) is -0.256. The van der Waals surface area contributed by atoms with E-state index >= 15 is 0 Å². The first-order chi connectivity index (χ1) is 13.3. The minimum Gasteiger partial charge on any atom is -0.507 e. The molecule has 1 unspecified atom stereocenters. The van der Waals surface area contributed by atoms with E-state index in [0.717, 1.165) is 29.5 Å². The number of rotatable bonds is 3. The fourth-order valence-electron chi connectivity index (χ4n) is 4.76. The lowest BCUT2D eigenvalue weighted by Crippen LogP contribution is -2.59. The second kappa shape index (κ2) is 7.85. The number of ether oxygens (including phenoxy) is 1. The molecule has 0 aromatic heterocycles. The van der Waals surface area contributed by atoms with E-state index in [9.17, 15) is 9.90 Å². The maximum atomic E-state index is 13.1. The average Bonchev–Trinajstić information content (AvgIpc) is 2.48. The highest BCUT2D eigenvalue weighted by atomic mass is 16.5. The summed E-state index contributed by atoms with van der Waals surface area (Å²) in [5.41, 5.74) is 2.03. The molecule has 1 aromatic carbocycles. The first kappa shape index (κ1) is 24.7. The van der Waals surface area contributed by atoms with E-state index in [0.29, 0.717) is 5.75 Å². The first-order valence-electron chi connectivity index (χ1n) is 11.2. The van der Waals surface area contributed by atoms with E-state index < -0.39 is 5.92 Å². The number of piperidine rings is 1. The van der Waals surface area contributed by atoms with Gasteiger partial charge in [0.1, 0.15) is 11.9 Å². The Morgan fingerprint density at radius 1 is 1.00 bits per heavy atom. The molecular formula is C26H43NO3. The van der Waals surface area contributed by atoms with Crippen molar-refractivity contribution in [2.24, 2.45) is 0 Å². The van der Waals surface area contributed by atoms with Gasteiger partial charge in [0.2, 0.25) is 0 Å². The fourth-order valence-corrected chi connectivity index (χ4v) is 4.76. The molecule has 0 amide bonds. The largest absolute Gasteiger partial charge is 0.507 e. The van der Waals surface area contributed by atoms with Crippen molar-refractivity contribution in [1.29, 1.82) is 0 Å². The maximum absolute atomic E-state index is 13.1. The molecule has 0 aliphatic carbocycles. The van der Waals surface area contributed by atoms with Crippen LogP contribution in [0.3, 0.4) is 0 Å². The number of benzene rings is 1. The van der Waals surface area contributed by atoms with Crippen LogP contribution >= 0.6 is 0 Å². The van der Waals surface area contributed by atoms with Gasteiger partial charge in [0.05, 0.1) is 5.92 Å². The highest BCUT2D eigenvalue weighted by Crippen LogP contribution is 2.41. The van der Waals surface area contributed by atoms with Crippen LogP contribution in [0.1, 0.15) is 112 Å².